The molecule has 148 valence electrons. The Kier molecular flexibility index (Phi) is 7.52. The Labute approximate surface area is 185 Å². The Balaban J connectivity index is 1.53. The van der Waals surface area contributed by atoms with E-state index in [4.69, 9.17) is 23.8 Å². The molecule has 29 heavy (non-hydrogen) atoms. The Morgan fingerprint density at radius 2 is 1.66 bits per heavy atom. The lowest BCUT2D eigenvalue weighted by Gasteiger charge is -2.12. The zero-order valence-electron chi connectivity index (χ0n) is 15.7. The molecule has 0 aliphatic heterocycles. The average molecular weight is 442 g/mol. The molecule has 3 aromatic carbocycles. The van der Waals surface area contributed by atoms with Gasteiger partial charge in [-0.05, 0) is 67.2 Å². The monoisotopic (exact) mass is 441 g/mol. The van der Waals surface area contributed by atoms with Gasteiger partial charge < -0.3 is 16.0 Å². The molecule has 3 N–H and O–H groups in total. The SMILES string of the molecule is Cc1ccc(Cl)cc1NC(=O)CSc1cccc(NC(=S)Nc2ccccc2)c1. The lowest BCUT2D eigenvalue weighted by Crippen LogP contribution is -2.19. The quantitative estimate of drug-likeness (QED) is 0.314. The summed E-state index contributed by atoms with van der Waals surface area (Å²) in [6, 6.07) is 22.9. The molecule has 0 aliphatic rings. The van der Waals surface area contributed by atoms with E-state index in [2.05, 4.69) is 16.0 Å². The number of amides is 1. The van der Waals surface area contributed by atoms with Crippen LogP contribution in [0, 0.1) is 6.92 Å². The van der Waals surface area contributed by atoms with E-state index in [-0.39, 0.29) is 5.91 Å². The van der Waals surface area contributed by atoms with Crippen LogP contribution in [0.1, 0.15) is 5.56 Å². The van der Waals surface area contributed by atoms with Crippen LogP contribution in [0.25, 0.3) is 0 Å². The molecule has 7 heteroatoms. The highest BCUT2D eigenvalue weighted by molar-refractivity contribution is 8.00. The number of benzene rings is 3. The first kappa shape index (κ1) is 21.2. The number of carbonyl (C=O) groups excluding carboxylic acids is 1. The van der Waals surface area contributed by atoms with Crippen LogP contribution >= 0.6 is 35.6 Å². The van der Waals surface area contributed by atoms with Crippen molar-refractivity contribution in [2.24, 2.45) is 0 Å². The van der Waals surface area contributed by atoms with E-state index in [9.17, 15) is 4.79 Å². The smallest absolute Gasteiger partial charge is 0.234 e. The molecule has 0 unspecified atom stereocenters. The Morgan fingerprint density at radius 3 is 2.45 bits per heavy atom. The van der Waals surface area contributed by atoms with Crippen molar-refractivity contribution in [3.8, 4) is 0 Å². The molecule has 0 saturated heterocycles. The van der Waals surface area contributed by atoms with Gasteiger partial charge in [-0.2, -0.15) is 0 Å². The van der Waals surface area contributed by atoms with E-state index in [0.29, 0.717) is 15.9 Å². The number of nitrogens with one attached hydrogen (secondary N) is 3. The van der Waals surface area contributed by atoms with Crippen molar-refractivity contribution < 1.29 is 4.79 Å². The molecule has 0 atom stereocenters. The van der Waals surface area contributed by atoms with E-state index < -0.39 is 0 Å². The highest BCUT2D eigenvalue weighted by Gasteiger charge is 2.07. The van der Waals surface area contributed by atoms with E-state index in [0.717, 1.165) is 27.5 Å². The third-order valence-electron chi connectivity index (χ3n) is 3.97. The van der Waals surface area contributed by atoms with Gasteiger partial charge in [0.25, 0.3) is 0 Å². The van der Waals surface area contributed by atoms with Gasteiger partial charge in [0, 0.05) is 27.0 Å². The topological polar surface area (TPSA) is 53.2 Å². The number of thioether (sulfide) groups is 1. The maximum atomic E-state index is 12.3. The largest absolute Gasteiger partial charge is 0.332 e. The summed E-state index contributed by atoms with van der Waals surface area (Å²) in [6.07, 6.45) is 0. The minimum Gasteiger partial charge on any atom is -0.332 e. The van der Waals surface area contributed by atoms with Gasteiger partial charge in [-0.1, -0.05) is 41.9 Å². The highest BCUT2D eigenvalue weighted by Crippen LogP contribution is 2.24. The Hall–Kier alpha value is -2.54. The number of carbonyl (C=O) groups is 1. The molecule has 0 saturated carbocycles. The zero-order valence-corrected chi connectivity index (χ0v) is 18.1. The molecule has 0 aromatic heterocycles. The van der Waals surface area contributed by atoms with Crippen molar-refractivity contribution in [3.63, 3.8) is 0 Å². The third-order valence-corrected chi connectivity index (χ3v) is 5.40. The number of thiocarbonyl (C=S) groups is 1. The molecule has 1 amide bonds. The predicted octanol–water partition coefficient (Wildman–Crippen LogP) is 6.19. The number of hydrogen-bond donors (Lipinski definition) is 3. The van der Waals surface area contributed by atoms with E-state index in [1.165, 1.54) is 11.8 Å². The van der Waals surface area contributed by atoms with Crippen molar-refractivity contribution in [2.45, 2.75) is 11.8 Å². The maximum absolute atomic E-state index is 12.3. The predicted molar refractivity (Wildman–Crippen MR) is 128 cm³/mol. The summed E-state index contributed by atoms with van der Waals surface area (Å²) in [5.74, 6) is 0.210. The molecule has 3 aromatic rings. The van der Waals surface area contributed by atoms with Crippen LogP contribution in [0.15, 0.2) is 77.7 Å². The third kappa shape index (κ3) is 6.78. The molecule has 0 fully saturated rings. The highest BCUT2D eigenvalue weighted by atomic mass is 35.5. The fourth-order valence-electron chi connectivity index (χ4n) is 2.54. The summed E-state index contributed by atoms with van der Waals surface area (Å²) in [4.78, 5) is 13.3. The summed E-state index contributed by atoms with van der Waals surface area (Å²) < 4.78 is 0. The van der Waals surface area contributed by atoms with Gasteiger partial charge in [0.1, 0.15) is 0 Å². The summed E-state index contributed by atoms with van der Waals surface area (Å²) in [5.41, 5.74) is 3.48. The van der Waals surface area contributed by atoms with Gasteiger partial charge in [-0.3, -0.25) is 4.79 Å². The standard InChI is InChI=1S/C22H20ClN3OS2/c1-15-10-11-16(23)12-20(15)26-21(27)14-29-19-9-5-8-18(13-19)25-22(28)24-17-6-3-2-4-7-17/h2-13H,14H2,1H3,(H,26,27)(H2,24,25,28). The number of hydrogen-bond acceptors (Lipinski definition) is 3. The van der Waals surface area contributed by atoms with Gasteiger partial charge >= 0.3 is 0 Å². The van der Waals surface area contributed by atoms with E-state index in [1.54, 1.807) is 12.1 Å². The lowest BCUT2D eigenvalue weighted by molar-refractivity contribution is -0.113. The number of anilines is 3. The molecular weight excluding hydrogens is 422 g/mol. The van der Waals surface area contributed by atoms with Crippen LogP contribution in [0.2, 0.25) is 5.02 Å². The van der Waals surface area contributed by atoms with Gasteiger partial charge in [-0.15, -0.1) is 11.8 Å². The van der Waals surface area contributed by atoms with Crippen molar-refractivity contribution >= 4 is 63.7 Å². The number of rotatable bonds is 6. The molecule has 3 rings (SSSR count). The Morgan fingerprint density at radius 1 is 0.931 bits per heavy atom. The molecule has 0 radical (unpaired) electrons. The summed E-state index contributed by atoms with van der Waals surface area (Å²) in [7, 11) is 0. The van der Waals surface area contributed by atoms with Crippen LogP contribution in [-0.2, 0) is 4.79 Å². The van der Waals surface area contributed by atoms with Gasteiger partial charge in [-0.25, -0.2) is 0 Å². The van der Waals surface area contributed by atoms with Crippen molar-refractivity contribution in [3.05, 3.63) is 83.4 Å². The number of para-hydroxylation sites is 1. The first-order valence-electron chi connectivity index (χ1n) is 8.91. The molecule has 0 heterocycles. The summed E-state index contributed by atoms with van der Waals surface area (Å²) in [5, 5.41) is 10.3. The van der Waals surface area contributed by atoms with Gasteiger partial charge in [0.15, 0.2) is 5.11 Å². The van der Waals surface area contributed by atoms with Crippen molar-refractivity contribution in [1.29, 1.82) is 0 Å². The van der Waals surface area contributed by atoms with Crippen LogP contribution < -0.4 is 16.0 Å². The van der Waals surface area contributed by atoms with E-state index >= 15 is 0 Å². The van der Waals surface area contributed by atoms with Gasteiger partial charge in [0.05, 0.1) is 5.75 Å². The van der Waals surface area contributed by atoms with Crippen LogP contribution in [-0.4, -0.2) is 16.8 Å². The molecule has 0 spiro atoms. The van der Waals surface area contributed by atoms with Crippen molar-refractivity contribution in [2.75, 3.05) is 21.7 Å². The normalized spacial score (nSPS) is 10.3. The van der Waals surface area contributed by atoms with Crippen LogP contribution in [0.5, 0.6) is 0 Å². The second-order valence-corrected chi connectivity index (χ2v) is 8.16. The molecule has 0 bridgehead atoms. The molecular formula is C22H20ClN3OS2. The summed E-state index contributed by atoms with van der Waals surface area (Å²) in [6.45, 7) is 1.93. The lowest BCUT2D eigenvalue weighted by atomic mass is 10.2. The fourth-order valence-corrected chi connectivity index (χ4v) is 3.71. The second kappa shape index (κ2) is 10.3. The van der Waals surface area contributed by atoms with Crippen LogP contribution in [0.4, 0.5) is 17.1 Å². The number of aryl methyl sites for hydroxylation is 1. The first-order chi connectivity index (χ1) is 14.0. The van der Waals surface area contributed by atoms with E-state index in [1.807, 2.05) is 67.6 Å². The van der Waals surface area contributed by atoms with Gasteiger partial charge in [0.2, 0.25) is 5.91 Å². The Bertz CT molecular complexity index is 1010. The maximum Gasteiger partial charge on any atom is 0.234 e. The zero-order chi connectivity index (χ0) is 20.6. The minimum absolute atomic E-state index is 0.0833. The van der Waals surface area contributed by atoms with Crippen molar-refractivity contribution in [1.82, 2.24) is 0 Å². The minimum atomic E-state index is -0.0833. The second-order valence-electron chi connectivity index (χ2n) is 6.27. The first-order valence-corrected chi connectivity index (χ1v) is 10.7. The molecule has 0 aliphatic carbocycles. The molecule has 4 nitrogen and oxygen atoms in total. The number of halogens is 1. The average Bonchev–Trinajstić information content (AvgIpc) is 2.70. The van der Waals surface area contributed by atoms with Crippen LogP contribution in [0.3, 0.4) is 0 Å². The fraction of sp³-hybridized carbons (Fsp3) is 0.0909. The summed E-state index contributed by atoms with van der Waals surface area (Å²) >= 11 is 12.8.